The first-order chi connectivity index (χ1) is 16.5. The first kappa shape index (κ1) is 25.5. The number of ether oxygens (including phenoxy) is 1. The molecule has 9 nitrogen and oxygen atoms in total. The van der Waals surface area contributed by atoms with Gasteiger partial charge in [0.15, 0.2) is 0 Å². The van der Waals surface area contributed by atoms with Crippen LogP contribution in [-0.2, 0) is 9.59 Å². The number of hydrogen-bond acceptors (Lipinski definition) is 7. The highest BCUT2D eigenvalue weighted by Gasteiger charge is 2.27. The summed E-state index contributed by atoms with van der Waals surface area (Å²) < 4.78 is 5.52. The van der Waals surface area contributed by atoms with Crippen LogP contribution >= 0.6 is 0 Å². The monoisotopic (exact) mass is 468 g/mol. The number of carbonyl (C=O) groups is 2. The number of amides is 2. The Labute approximate surface area is 202 Å². The SMILES string of the molecule is COc1ccccc1N1CCN([C@H](CNC(=O)C(=O)NCCCN(C)C)c2cccnc2)CC1. The van der Waals surface area contributed by atoms with Crippen molar-refractivity contribution in [1.29, 1.82) is 0 Å². The molecular weight excluding hydrogens is 432 g/mol. The molecule has 1 aromatic carbocycles. The van der Waals surface area contributed by atoms with Gasteiger partial charge in [0.2, 0.25) is 0 Å². The van der Waals surface area contributed by atoms with Crippen molar-refractivity contribution >= 4 is 17.5 Å². The van der Waals surface area contributed by atoms with Gasteiger partial charge in [-0.2, -0.15) is 0 Å². The standard InChI is InChI=1S/C25H36N6O3/c1-29(2)13-7-12-27-24(32)25(33)28-19-22(20-8-6-11-26-18-20)31-16-14-30(15-17-31)21-9-4-5-10-23(21)34-3/h4-6,8-11,18,22H,7,12-17,19H2,1-3H3,(H,27,32)(H,28,33)/t22-/m1/s1. The van der Waals surface area contributed by atoms with E-state index in [1.54, 1.807) is 13.3 Å². The van der Waals surface area contributed by atoms with E-state index >= 15 is 0 Å². The van der Waals surface area contributed by atoms with Crippen LogP contribution in [0.4, 0.5) is 5.69 Å². The van der Waals surface area contributed by atoms with Crippen molar-refractivity contribution < 1.29 is 14.3 Å². The molecule has 1 aromatic heterocycles. The van der Waals surface area contributed by atoms with Gasteiger partial charge in [0.1, 0.15) is 5.75 Å². The van der Waals surface area contributed by atoms with E-state index in [0.29, 0.717) is 13.1 Å². The number of piperazine rings is 1. The summed E-state index contributed by atoms with van der Waals surface area (Å²) in [5.41, 5.74) is 2.10. The second kappa shape index (κ2) is 12.9. The number of aromatic nitrogens is 1. The van der Waals surface area contributed by atoms with Gasteiger partial charge in [0.05, 0.1) is 18.8 Å². The topological polar surface area (TPSA) is 90.0 Å². The lowest BCUT2D eigenvalue weighted by molar-refractivity contribution is -0.139. The van der Waals surface area contributed by atoms with E-state index in [0.717, 1.165) is 56.1 Å². The Morgan fingerprint density at radius 1 is 1.06 bits per heavy atom. The Morgan fingerprint density at radius 3 is 2.47 bits per heavy atom. The zero-order chi connectivity index (χ0) is 24.3. The number of carbonyl (C=O) groups excluding carboxylic acids is 2. The Hall–Kier alpha value is -3.17. The molecule has 0 bridgehead atoms. The van der Waals surface area contributed by atoms with E-state index < -0.39 is 11.8 Å². The molecule has 9 heteroatoms. The lowest BCUT2D eigenvalue weighted by Gasteiger charge is -2.40. The number of anilines is 1. The van der Waals surface area contributed by atoms with Gasteiger partial charge < -0.3 is 25.2 Å². The Bertz CT molecular complexity index is 916. The van der Waals surface area contributed by atoms with Crippen LogP contribution in [-0.4, -0.2) is 93.6 Å². The van der Waals surface area contributed by atoms with E-state index in [1.165, 1.54) is 0 Å². The first-order valence-electron chi connectivity index (χ1n) is 11.7. The Morgan fingerprint density at radius 2 is 1.79 bits per heavy atom. The third kappa shape index (κ3) is 7.16. The maximum Gasteiger partial charge on any atom is 0.309 e. The predicted octanol–water partition coefficient (Wildman–Crippen LogP) is 1.14. The molecular formula is C25H36N6O3. The average molecular weight is 469 g/mol. The summed E-state index contributed by atoms with van der Waals surface area (Å²) in [5.74, 6) is -0.334. The van der Waals surface area contributed by atoms with Gasteiger partial charge in [-0.25, -0.2) is 0 Å². The van der Waals surface area contributed by atoms with E-state index in [-0.39, 0.29) is 6.04 Å². The normalized spacial score (nSPS) is 15.1. The second-order valence-corrected chi connectivity index (χ2v) is 8.62. The van der Waals surface area contributed by atoms with Crippen molar-refractivity contribution in [2.24, 2.45) is 0 Å². The molecule has 0 aliphatic carbocycles. The van der Waals surface area contributed by atoms with Crippen LogP contribution in [0.25, 0.3) is 0 Å². The fourth-order valence-electron chi connectivity index (χ4n) is 4.14. The Balaban J connectivity index is 1.58. The molecule has 1 aliphatic rings. The van der Waals surface area contributed by atoms with Crippen LogP contribution in [0.1, 0.15) is 18.0 Å². The largest absolute Gasteiger partial charge is 0.495 e. The van der Waals surface area contributed by atoms with Gasteiger partial charge in [-0.05, 0) is 50.8 Å². The molecule has 0 radical (unpaired) electrons. The van der Waals surface area contributed by atoms with Crippen LogP contribution in [0.2, 0.25) is 0 Å². The molecule has 3 rings (SSSR count). The number of benzene rings is 1. The smallest absolute Gasteiger partial charge is 0.309 e. The minimum absolute atomic E-state index is 0.0704. The zero-order valence-corrected chi connectivity index (χ0v) is 20.4. The van der Waals surface area contributed by atoms with Crippen LogP contribution in [0, 0.1) is 0 Å². The summed E-state index contributed by atoms with van der Waals surface area (Å²) in [6.45, 7) is 4.95. The van der Waals surface area contributed by atoms with Crippen LogP contribution < -0.4 is 20.3 Å². The lowest BCUT2D eigenvalue weighted by atomic mass is 10.1. The van der Waals surface area contributed by atoms with Crippen LogP contribution in [0.15, 0.2) is 48.8 Å². The number of methoxy groups -OCH3 is 1. The van der Waals surface area contributed by atoms with Crippen molar-refractivity contribution in [3.05, 3.63) is 54.4 Å². The number of nitrogens with zero attached hydrogens (tertiary/aromatic N) is 4. The van der Waals surface area contributed by atoms with Gasteiger partial charge in [0.25, 0.3) is 0 Å². The highest BCUT2D eigenvalue weighted by atomic mass is 16.5. The molecule has 1 saturated heterocycles. The number of para-hydroxylation sites is 2. The fraction of sp³-hybridized carbons (Fsp3) is 0.480. The van der Waals surface area contributed by atoms with Gasteiger partial charge in [-0.1, -0.05) is 18.2 Å². The number of pyridine rings is 1. The van der Waals surface area contributed by atoms with Gasteiger partial charge >= 0.3 is 11.8 Å². The third-order valence-corrected chi connectivity index (χ3v) is 5.98. The number of nitrogens with one attached hydrogen (secondary N) is 2. The molecule has 0 saturated carbocycles. The molecule has 184 valence electrons. The molecule has 0 spiro atoms. The summed E-state index contributed by atoms with van der Waals surface area (Å²) in [5, 5.41) is 5.52. The zero-order valence-electron chi connectivity index (χ0n) is 20.4. The van der Waals surface area contributed by atoms with Crippen molar-refractivity contribution in [3.8, 4) is 5.75 Å². The third-order valence-electron chi connectivity index (χ3n) is 5.98. The summed E-state index contributed by atoms with van der Waals surface area (Å²) in [6, 6.07) is 11.9. The molecule has 34 heavy (non-hydrogen) atoms. The van der Waals surface area contributed by atoms with Gasteiger partial charge in [-0.15, -0.1) is 0 Å². The van der Waals surface area contributed by atoms with Crippen molar-refractivity contribution in [1.82, 2.24) is 25.4 Å². The minimum Gasteiger partial charge on any atom is -0.495 e. The van der Waals surface area contributed by atoms with Gasteiger partial charge in [0, 0.05) is 51.7 Å². The lowest BCUT2D eigenvalue weighted by Crippen LogP contribution is -2.51. The van der Waals surface area contributed by atoms with Crippen molar-refractivity contribution in [2.45, 2.75) is 12.5 Å². The summed E-state index contributed by atoms with van der Waals surface area (Å²) >= 11 is 0. The van der Waals surface area contributed by atoms with Crippen LogP contribution in [0.3, 0.4) is 0 Å². The number of hydrogen-bond donors (Lipinski definition) is 2. The van der Waals surface area contributed by atoms with Crippen molar-refractivity contribution in [2.75, 3.05) is 71.9 Å². The van der Waals surface area contributed by atoms with E-state index in [9.17, 15) is 9.59 Å². The molecule has 1 aliphatic heterocycles. The Kier molecular flexibility index (Phi) is 9.66. The minimum atomic E-state index is -0.605. The predicted molar refractivity (Wildman–Crippen MR) is 133 cm³/mol. The fourth-order valence-corrected chi connectivity index (χ4v) is 4.14. The molecule has 0 unspecified atom stereocenters. The summed E-state index contributed by atoms with van der Waals surface area (Å²) in [4.78, 5) is 35.5. The highest BCUT2D eigenvalue weighted by molar-refractivity contribution is 6.35. The average Bonchev–Trinajstić information content (AvgIpc) is 2.87. The molecule has 1 atom stereocenters. The second-order valence-electron chi connectivity index (χ2n) is 8.62. The maximum absolute atomic E-state index is 12.4. The first-order valence-corrected chi connectivity index (χ1v) is 11.7. The van der Waals surface area contributed by atoms with E-state index in [4.69, 9.17) is 4.74 Å². The van der Waals surface area contributed by atoms with E-state index in [1.807, 2.05) is 55.5 Å². The number of rotatable bonds is 10. The van der Waals surface area contributed by atoms with Gasteiger partial charge in [-0.3, -0.25) is 19.5 Å². The van der Waals surface area contributed by atoms with Crippen molar-refractivity contribution in [3.63, 3.8) is 0 Å². The summed E-state index contributed by atoms with van der Waals surface area (Å²) in [6.07, 6.45) is 4.35. The summed E-state index contributed by atoms with van der Waals surface area (Å²) in [7, 11) is 5.64. The maximum atomic E-state index is 12.4. The molecule has 2 N–H and O–H groups in total. The quantitative estimate of drug-likeness (QED) is 0.399. The highest BCUT2D eigenvalue weighted by Crippen LogP contribution is 2.30. The molecule has 2 aromatic rings. The van der Waals surface area contributed by atoms with E-state index in [2.05, 4.69) is 31.5 Å². The molecule has 2 heterocycles. The molecule has 2 amide bonds. The van der Waals surface area contributed by atoms with Crippen LogP contribution in [0.5, 0.6) is 5.75 Å². The molecule has 1 fully saturated rings.